The number of hydrogen-bond donors (Lipinski definition) is 1. The maximum absolute atomic E-state index is 11.7. The van der Waals surface area contributed by atoms with Crippen molar-refractivity contribution in [1.29, 1.82) is 0 Å². The number of nitrogens with one attached hydrogen (secondary N) is 1. The molecule has 0 heterocycles. The van der Waals surface area contributed by atoms with Crippen molar-refractivity contribution in [3.05, 3.63) is 35.5 Å². The molecule has 0 saturated heterocycles. The van der Waals surface area contributed by atoms with E-state index < -0.39 is 0 Å². The minimum Gasteiger partial charge on any atom is -0.355 e. The van der Waals surface area contributed by atoms with Gasteiger partial charge >= 0.3 is 0 Å². The zero-order valence-electron chi connectivity index (χ0n) is 12.3. The summed E-state index contributed by atoms with van der Waals surface area (Å²) >= 11 is 0. The minimum absolute atomic E-state index is 0.0325. The molecule has 0 bridgehead atoms. The largest absolute Gasteiger partial charge is 0.355 e. The van der Waals surface area contributed by atoms with Gasteiger partial charge < -0.3 is 5.32 Å². The van der Waals surface area contributed by atoms with Crippen molar-refractivity contribution in [2.45, 2.75) is 41.5 Å². The van der Waals surface area contributed by atoms with Crippen molar-refractivity contribution in [2.24, 2.45) is 5.92 Å². The Bertz CT molecular complexity index is 296. The van der Waals surface area contributed by atoms with Crippen molar-refractivity contribution in [3.8, 4) is 0 Å². The van der Waals surface area contributed by atoms with Gasteiger partial charge in [0.1, 0.15) is 0 Å². The van der Waals surface area contributed by atoms with Gasteiger partial charge in [0, 0.05) is 12.6 Å². The summed E-state index contributed by atoms with van der Waals surface area (Å²) in [7, 11) is 1.65. The second kappa shape index (κ2) is 11.2. The van der Waals surface area contributed by atoms with E-state index in [0.717, 1.165) is 11.1 Å². The molecule has 98 valence electrons. The average Bonchev–Trinajstić information content (AvgIpc) is 2.35. The molecule has 0 aliphatic rings. The fraction of sp³-hybridized carbons (Fsp3) is 0.533. The summed E-state index contributed by atoms with van der Waals surface area (Å²) in [4.78, 5) is 11.7. The van der Waals surface area contributed by atoms with Crippen molar-refractivity contribution in [3.63, 3.8) is 0 Å². The summed E-state index contributed by atoms with van der Waals surface area (Å²) in [5.41, 5.74) is 1.82. The highest BCUT2D eigenvalue weighted by Crippen LogP contribution is 2.19. The van der Waals surface area contributed by atoms with E-state index in [1.165, 1.54) is 0 Å². The summed E-state index contributed by atoms with van der Waals surface area (Å²) in [5.74, 6) is 0.318. The van der Waals surface area contributed by atoms with Gasteiger partial charge in [-0.15, -0.1) is 0 Å². The lowest BCUT2D eigenvalue weighted by molar-refractivity contribution is -0.116. The number of rotatable bonds is 4. The summed E-state index contributed by atoms with van der Waals surface area (Å²) in [6, 6.07) is 0. The number of likely N-dealkylation sites (N-methyl/N-ethyl adjacent to an activating group) is 1. The van der Waals surface area contributed by atoms with Gasteiger partial charge in [0.2, 0.25) is 0 Å². The number of carbonyl (C=O) groups is 1. The van der Waals surface area contributed by atoms with Gasteiger partial charge in [-0.1, -0.05) is 45.9 Å². The van der Waals surface area contributed by atoms with E-state index >= 15 is 0 Å². The first kappa shape index (κ1) is 18.1. The van der Waals surface area contributed by atoms with E-state index in [-0.39, 0.29) is 5.91 Å². The van der Waals surface area contributed by atoms with Crippen molar-refractivity contribution in [1.82, 2.24) is 5.32 Å². The smallest absolute Gasteiger partial charge is 0.251 e. The van der Waals surface area contributed by atoms with Gasteiger partial charge in [-0.25, -0.2) is 0 Å². The number of carbonyl (C=O) groups excluding carboxylic acids is 1. The molecule has 0 saturated carbocycles. The predicted molar refractivity (Wildman–Crippen MR) is 76.9 cm³/mol. The SMILES string of the molecule is CC.C\C=C/C=C(C(=O)NC)\C(=C/C)C(C)C. The van der Waals surface area contributed by atoms with Crippen LogP contribution >= 0.6 is 0 Å². The third-order valence-corrected chi connectivity index (χ3v) is 2.17. The standard InChI is InChI=1S/C13H21NO.C2H6/c1-6-8-9-12(13(15)14-5)11(7-2)10(3)4;1-2/h6-10H,1-5H3,(H,14,15);1-2H3/b8-6-,11-7-,12-9+;. The van der Waals surface area contributed by atoms with Crippen LogP contribution in [0.15, 0.2) is 35.5 Å². The van der Waals surface area contributed by atoms with E-state index in [1.807, 2.05) is 52.0 Å². The highest BCUT2D eigenvalue weighted by molar-refractivity contribution is 5.98. The zero-order chi connectivity index (χ0) is 13.8. The molecule has 1 amide bonds. The summed E-state index contributed by atoms with van der Waals surface area (Å²) in [6.45, 7) is 12.1. The lowest BCUT2D eigenvalue weighted by atomic mass is 9.94. The summed E-state index contributed by atoms with van der Waals surface area (Å²) in [6.07, 6.45) is 7.65. The second-order valence-electron chi connectivity index (χ2n) is 3.58. The lowest BCUT2D eigenvalue weighted by Gasteiger charge is -2.13. The third-order valence-electron chi connectivity index (χ3n) is 2.17. The van der Waals surface area contributed by atoms with E-state index in [9.17, 15) is 4.79 Å². The zero-order valence-corrected chi connectivity index (χ0v) is 12.3. The van der Waals surface area contributed by atoms with E-state index in [1.54, 1.807) is 7.05 Å². The summed E-state index contributed by atoms with van der Waals surface area (Å²) in [5, 5.41) is 2.66. The molecule has 0 spiro atoms. The van der Waals surface area contributed by atoms with Crippen LogP contribution in [0.1, 0.15) is 41.5 Å². The van der Waals surface area contributed by atoms with Gasteiger partial charge in [0.15, 0.2) is 0 Å². The molecule has 0 atom stereocenters. The fourth-order valence-corrected chi connectivity index (χ4v) is 1.43. The highest BCUT2D eigenvalue weighted by Gasteiger charge is 2.14. The minimum atomic E-state index is -0.0325. The highest BCUT2D eigenvalue weighted by atomic mass is 16.1. The van der Waals surface area contributed by atoms with Crippen molar-refractivity contribution < 1.29 is 4.79 Å². The average molecular weight is 237 g/mol. The first-order valence-corrected chi connectivity index (χ1v) is 6.30. The molecule has 2 nitrogen and oxygen atoms in total. The van der Waals surface area contributed by atoms with E-state index in [0.29, 0.717) is 5.92 Å². The maximum atomic E-state index is 11.7. The Hall–Kier alpha value is -1.31. The Morgan fingerprint density at radius 2 is 1.71 bits per heavy atom. The number of allylic oxidation sites excluding steroid dienone is 4. The molecule has 0 fully saturated rings. The molecular formula is C15H27NO. The number of amides is 1. The molecule has 0 aliphatic carbocycles. The molecule has 1 N–H and O–H groups in total. The van der Waals surface area contributed by atoms with Crippen LogP contribution in [0.4, 0.5) is 0 Å². The van der Waals surface area contributed by atoms with Gasteiger partial charge in [0.25, 0.3) is 5.91 Å². The second-order valence-corrected chi connectivity index (χ2v) is 3.58. The topological polar surface area (TPSA) is 29.1 Å². The van der Waals surface area contributed by atoms with E-state index in [2.05, 4.69) is 19.2 Å². The maximum Gasteiger partial charge on any atom is 0.251 e. The van der Waals surface area contributed by atoms with E-state index in [4.69, 9.17) is 0 Å². The number of hydrogen-bond acceptors (Lipinski definition) is 1. The molecule has 0 unspecified atom stereocenters. The predicted octanol–water partition coefficient (Wildman–Crippen LogP) is 3.86. The molecule has 0 radical (unpaired) electrons. The quantitative estimate of drug-likeness (QED) is 0.584. The van der Waals surface area contributed by atoms with Crippen molar-refractivity contribution >= 4 is 5.91 Å². The van der Waals surface area contributed by atoms with Crippen LogP contribution in [0.2, 0.25) is 0 Å². The molecule has 0 aromatic heterocycles. The van der Waals surface area contributed by atoms with Crippen LogP contribution in [0, 0.1) is 5.92 Å². The van der Waals surface area contributed by atoms with Crippen LogP contribution in [0.3, 0.4) is 0 Å². The summed E-state index contributed by atoms with van der Waals surface area (Å²) < 4.78 is 0. The molecule has 0 rings (SSSR count). The first-order valence-electron chi connectivity index (χ1n) is 6.30. The van der Waals surface area contributed by atoms with Crippen LogP contribution in [0.25, 0.3) is 0 Å². The Kier molecular flexibility index (Phi) is 11.9. The molecular weight excluding hydrogens is 210 g/mol. The van der Waals surface area contributed by atoms with Crippen LogP contribution in [-0.4, -0.2) is 13.0 Å². The van der Waals surface area contributed by atoms with Gasteiger partial charge in [-0.3, -0.25) is 4.79 Å². The molecule has 17 heavy (non-hydrogen) atoms. The Balaban J connectivity index is 0. The Morgan fingerprint density at radius 1 is 1.18 bits per heavy atom. The van der Waals surface area contributed by atoms with Gasteiger partial charge in [-0.05, 0) is 31.4 Å². The molecule has 0 aromatic rings. The van der Waals surface area contributed by atoms with Crippen LogP contribution in [0.5, 0.6) is 0 Å². The third kappa shape index (κ3) is 6.77. The normalized spacial score (nSPS) is 12.5. The lowest BCUT2D eigenvalue weighted by Crippen LogP contribution is -2.22. The van der Waals surface area contributed by atoms with Gasteiger partial charge in [-0.2, -0.15) is 0 Å². The monoisotopic (exact) mass is 237 g/mol. The van der Waals surface area contributed by atoms with Gasteiger partial charge in [0.05, 0.1) is 0 Å². The fourth-order valence-electron chi connectivity index (χ4n) is 1.43. The first-order chi connectivity index (χ1) is 8.08. The molecule has 2 heteroatoms. The molecule has 0 aliphatic heterocycles. The Morgan fingerprint density at radius 3 is 2.00 bits per heavy atom. The van der Waals surface area contributed by atoms with Crippen LogP contribution in [-0.2, 0) is 4.79 Å². The van der Waals surface area contributed by atoms with Crippen molar-refractivity contribution in [2.75, 3.05) is 7.05 Å². The Labute approximate surface area is 106 Å². The molecule has 0 aromatic carbocycles. The van der Waals surface area contributed by atoms with Crippen LogP contribution < -0.4 is 5.32 Å².